The van der Waals surface area contributed by atoms with Crippen LogP contribution in [0.15, 0.2) is 26.9 Å². The Kier molecular flexibility index (Phi) is 1.31. The van der Waals surface area contributed by atoms with Crippen molar-refractivity contribution >= 4 is 18.9 Å². The van der Waals surface area contributed by atoms with Crippen LogP contribution < -0.4 is 0 Å². The van der Waals surface area contributed by atoms with Crippen molar-refractivity contribution in [3.05, 3.63) is 11.9 Å². The second-order valence-corrected chi connectivity index (χ2v) is 2.43. The molecule has 0 N–H and O–H groups in total. The molecule has 2 bridgehead atoms. The van der Waals surface area contributed by atoms with E-state index in [9.17, 15) is 0 Å². The molecule has 0 radical (unpaired) electrons. The summed E-state index contributed by atoms with van der Waals surface area (Å²) in [7, 11) is 1.91. The van der Waals surface area contributed by atoms with Gasteiger partial charge in [-0.05, 0) is 6.08 Å². The molecular weight excluding hydrogens is 140 g/mol. The van der Waals surface area contributed by atoms with Gasteiger partial charge in [0.15, 0.2) is 0 Å². The second-order valence-electron chi connectivity index (χ2n) is 2.43. The molecule has 1 atom stereocenters. The highest BCUT2D eigenvalue weighted by atomic mass is 15.2. The SMILES string of the molecule is CN1C=NC2C=NC=NC1=C2. The Hall–Kier alpha value is -1.45. The summed E-state index contributed by atoms with van der Waals surface area (Å²) >= 11 is 0. The molecular formula is C7H8N4. The van der Waals surface area contributed by atoms with E-state index in [2.05, 4.69) is 15.0 Å². The Balaban J connectivity index is 2.37. The third-order valence-corrected chi connectivity index (χ3v) is 1.59. The van der Waals surface area contributed by atoms with E-state index in [-0.39, 0.29) is 6.04 Å². The zero-order valence-electron chi connectivity index (χ0n) is 6.18. The maximum atomic E-state index is 4.19. The van der Waals surface area contributed by atoms with Crippen molar-refractivity contribution in [2.45, 2.75) is 6.04 Å². The number of aliphatic imine (C=N–C) groups is 3. The van der Waals surface area contributed by atoms with Crippen LogP contribution in [-0.2, 0) is 0 Å². The first-order chi connectivity index (χ1) is 5.36. The molecule has 2 aliphatic heterocycles. The normalized spacial score (nSPS) is 26.8. The fourth-order valence-electron chi connectivity index (χ4n) is 0.984. The Morgan fingerprint density at radius 2 is 2.45 bits per heavy atom. The van der Waals surface area contributed by atoms with Crippen LogP contribution in [0.2, 0.25) is 0 Å². The maximum absolute atomic E-state index is 4.19. The molecule has 0 aromatic rings. The molecule has 0 aromatic carbocycles. The van der Waals surface area contributed by atoms with Gasteiger partial charge in [-0.15, -0.1) is 0 Å². The quantitative estimate of drug-likeness (QED) is 0.486. The molecule has 56 valence electrons. The van der Waals surface area contributed by atoms with Crippen LogP contribution >= 0.6 is 0 Å². The van der Waals surface area contributed by atoms with Gasteiger partial charge in [-0.2, -0.15) is 0 Å². The van der Waals surface area contributed by atoms with E-state index in [1.165, 1.54) is 6.34 Å². The number of hydrogen-bond donors (Lipinski definition) is 0. The number of rotatable bonds is 0. The molecule has 0 spiro atoms. The first-order valence-corrected chi connectivity index (χ1v) is 3.40. The van der Waals surface area contributed by atoms with Crippen LogP contribution in [0, 0.1) is 0 Å². The van der Waals surface area contributed by atoms with Gasteiger partial charge in [0.05, 0.1) is 6.34 Å². The molecule has 0 saturated heterocycles. The van der Waals surface area contributed by atoms with E-state index in [1.807, 2.05) is 18.0 Å². The highest BCUT2D eigenvalue weighted by molar-refractivity contribution is 5.82. The summed E-state index contributed by atoms with van der Waals surface area (Å²) in [6.45, 7) is 0. The minimum Gasteiger partial charge on any atom is -0.321 e. The van der Waals surface area contributed by atoms with Crippen molar-refractivity contribution in [3.8, 4) is 0 Å². The predicted molar refractivity (Wildman–Crippen MR) is 45.1 cm³/mol. The third kappa shape index (κ3) is 1.07. The third-order valence-electron chi connectivity index (χ3n) is 1.59. The zero-order valence-corrected chi connectivity index (χ0v) is 6.18. The van der Waals surface area contributed by atoms with Crippen LogP contribution in [0.4, 0.5) is 0 Å². The average Bonchev–Trinajstić information content (AvgIpc) is 2.21. The fraction of sp³-hybridized carbons (Fsp3) is 0.286. The first kappa shape index (κ1) is 6.27. The summed E-state index contributed by atoms with van der Waals surface area (Å²) in [5.41, 5.74) is 0. The Labute approximate surface area is 64.7 Å². The van der Waals surface area contributed by atoms with Crippen molar-refractivity contribution in [1.82, 2.24) is 4.90 Å². The Bertz CT molecular complexity index is 274. The first-order valence-electron chi connectivity index (χ1n) is 3.40. The van der Waals surface area contributed by atoms with Crippen LogP contribution in [0.25, 0.3) is 0 Å². The molecule has 2 heterocycles. The highest BCUT2D eigenvalue weighted by Crippen LogP contribution is 2.10. The molecule has 2 rings (SSSR count). The van der Waals surface area contributed by atoms with Gasteiger partial charge in [0, 0.05) is 13.3 Å². The molecule has 11 heavy (non-hydrogen) atoms. The van der Waals surface area contributed by atoms with Crippen molar-refractivity contribution < 1.29 is 0 Å². The molecule has 4 nitrogen and oxygen atoms in total. The lowest BCUT2D eigenvalue weighted by molar-refractivity contribution is 0.615. The van der Waals surface area contributed by atoms with Crippen LogP contribution in [0.3, 0.4) is 0 Å². The summed E-state index contributed by atoms with van der Waals surface area (Å²) in [4.78, 5) is 14.1. The van der Waals surface area contributed by atoms with Crippen molar-refractivity contribution in [3.63, 3.8) is 0 Å². The second kappa shape index (κ2) is 2.30. The number of fused-ring (bicyclic) bond motifs is 1. The molecule has 0 amide bonds. The summed E-state index contributed by atoms with van der Waals surface area (Å²) in [5.74, 6) is 0.905. The van der Waals surface area contributed by atoms with E-state index >= 15 is 0 Å². The Morgan fingerprint density at radius 3 is 3.36 bits per heavy atom. The summed E-state index contributed by atoms with van der Waals surface area (Å²) < 4.78 is 0. The lowest BCUT2D eigenvalue weighted by atomic mass is 10.3. The van der Waals surface area contributed by atoms with Crippen LogP contribution in [0.5, 0.6) is 0 Å². The van der Waals surface area contributed by atoms with E-state index in [1.54, 1.807) is 12.6 Å². The summed E-state index contributed by atoms with van der Waals surface area (Å²) in [6, 6.07) is 0.0729. The van der Waals surface area contributed by atoms with Gasteiger partial charge in [0.1, 0.15) is 18.2 Å². The van der Waals surface area contributed by atoms with Crippen molar-refractivity contribution in [1.29, 1.82) is 0 Å². The Morgan fingerprint density at radius 1 is 1.55 bits per heavy atom. The maximum Gasteiger partial charge on any atom is 0.133 e. The van der Waals surface area contributed by atoms with Gasteiger partial charge in [-0.1, -0.05) is 0 Å². The van der Waals surface area contributed by atoms with Gasteiger partial charge in [-0.3, -0.25) is 4.99 Å². The van der Waals surface area contributed by atoms with Crippen molar-refractivity contribution in [2.24, 2.45) is 15.0 Å². The lowest BCUT2D eigenvalue weighted by Gasteiger charge is -2.17. The van der Waals surface area contributed by atoms with Gasteiger partial charge in [0.25, 0.3) is 0 Å². The number of nitrogens with zero attached hydrogens (tertiary/aromatic N) is 4. The molecule has 0 fully saturated rings. The predicted octanol–water partition coefficient (Wildman–Crippen LogP) is 0.283. The molecule has 1 unspecified atom stereocenters. The van der Waals surface area contributed by atoms with E-state index in [0.717, 1.165) is 5.82 Å². The molecule has 0 aliphatic carbocycles. The van der Waals surface area contributed by atoms with Gasteiger partial charge in [0.2, 0.25) is 0 Å². The highest BCUT2D eigenvalue weighted by Gasteiger charge is 2.11. The molecule has 2 aliphatic rings. The fourth-order valence-corrected chi connectivity index (χ4v) is 0.984. The summed E-state index contributed by atoms with van der Waals surface area (Å²) in [6.07, 6.45) is 7.03. The molecule has 0 saturated carbocycles. The standard InChI is InChI=1S/C7H8N4/c1-11-5-10-6-2-7(11)9-4-8-3-6/h2-6H,1H3. The zero-order chi connectivity index (χ0) is 7.68. The molecule has 0 aromatic heterocycles. The van der Waals surface area contributed by atoms with E-state index in [4.69, 9.17) is 0 Å². The van der Waals surface area contributed by atoms with E-state index in [0.29, 0.717) is 0 Å². The average molecular weight is 148 g/mol. The minimum atomic E-state index is 0.0729. The largest absolute Gasteiger partial charge is 0.321 e. The smallest absolute Gasteiger partial charge is 0.133 e. The van der Waals surface area contributed by atoms with Crippen LogP contribution in [-0.4, -0.2) is 36.9 Å². The van der Waals surface area contributed by atoms with Gasteiger partial charge >= 0.3 is 0 Å². The van der Waals surface area contributed by atoms with E-state index < -0.39 is 0 Å². The summed E-state index contributed by atoms with van der Waals surface area (Å²) in [5, 5.41) is 0. The monoisotopic (exact) mass is 148 g/mol. The topological polar surface area (TPSA) is 40.3 Å². The van der Waals surface area contributed by atoms with Gasteiger partial charge in [-0.25, -0.2) is 9.98 Å². The number of hydrogen-bond acceptors (Lipinski definition) is 4. The molecule has 4 heteroatoms. The van der Waals surface area contributed by atoms with Crippen LogP contribution in [0.1, 0.15) is 0 Å². The minimum absolute atomic E-state index is 0.0729. The van der Waals surface area contributed by atoms with Crippen molar-refractivity contribution in [2.75, 3.05) is 7.05 Å². The lowest BCUT2D eigenvalue weighted by Crippen LogP contribution is -2.21. The van der Waals surface area contributed by atoms with Gasteiger partial charge < -0.3 is 4.90 Å².